The summed E-state index contributed by atoms with van der Waals surface area (Å²) in [6, 6.07) is 17.5. The first-order chi connectivity index (χ1) is 13.6. The molecule has 1 aromatic heterocycles. The SMILES string of the molecule is O=C(CCn1c(=S)[nH]c2ccccc2c1=O)N1CC=C(c2ccccc2)CC1. The van der Waals surface area contributed by atoms with Gasteiger partial charge in [-0.2, -0.15) is 0 Å². The van der Waals surface area contributed by atoms with E-state index in [0.29, 0.717) is 23.2 Å². The van der Waals surface area contributed by atoms with Crippen molar-refractivity contribution in [2.45, 2.75) is 19.4 Å². The largest absolute Gasteiger partial charge is 0.339 e. The second-order valence-corrected chi connectivity index (χ2v) is 7.25. The van der Waals surface area contributed by atoms with Gasteiger partial charge in [0.2, 0.25) is 5.91 Å². The summed E-state index contributed by atoms with van der Waals surface area (Å²) in [5.41, 5.74) is 3.05. The zero-order valence-electron chi connectivity index (χ0n) is 15.4. The topological polar surface area (TPSA) is 58.1 Å². The van der Waals surface area contributed by atoms with Gasteiger partial charge in [0.15, 0.2) is 4.77 Å². The second-order valence-electron chi connectivity index (χ2n) is 6.87. The lowest BCUT2D eigenvalue weighted by Crippen LogP contribution is -2.36. The number of carbonyl (C=O) groups excluding carboxylic acids is 1. The fraction of sp³-hybridized carbons (Fsp3) is 0.227. The smallest absolute Gasteiger partial charge is 0.262 e. The number of nitrogens with zero attached hydrogens (tertiary/aromatic N) is 2. The van der Waals surface area contributed by atoms with Crippen LogP contribution in [-0.4, -0.2) is 33.4 Å². The Bertz CT molecular complexity index is 1160. The van der Waals surface area contributed by atoms with Gasteiger partial charge in [-0.1, -0.05) is 48.5 Å². The van der Waals surface area contributed by atoms with Gasteiger partial charge in [-0.15, -0.1) is 0 Å². The third-order valence-corrected chi connectivity index (χ3v) is 5.47. The highest BCUT2D eigenvalue weighted by Crippen LogP contribution is 2.22. The molecule has 0 aliphatic carbocycles. The van der Waals surface area contributed by atoms with E-state index in [2.05, 4.69) is 23.2 Å². The monoisotopic (exact) mass is 391 g/mol. The third-order valence-electron chi connectivity index (χ3n) is 5.15. The predicted molar refractivity (Wildman–Crippen MR) is 114 cm³/mol. The number of amides is 1. The summed E-state index contributed by atoms with van der Waals surface area (Å²) in [5, 5.41) is 0.581. The van der Waals surface area contributed by atoms with Crippen LogP contribution in [0.3, 0.4) is 0 Å². The van der Waals surface area contributed by atoms with Crippen molar-refractivity contribution in [2.24, 2.45) is 0 Å². The summed E-state index contributed by atoms with van der Waals surface area (Å²) in [6.07, 6.45) is 3.21. The highest BCUT2D eigenvalue weighted by atomic mass is 32.1. The lowest BCUT2D eigenvalue weighted by atomic mass is 9.99. The summed E-state index contributed by atoms with van der Waals surface area (Å²) in [4.78, 5) is 30.2. The Hall–Kier alpha value is -2.99. The average Bonchev–Trinajstić information content (AvgIpc) is 2.74. The van der Waals surface area contributed by atoms with Crippen LogP contribution in [0.1, 0.15) is 18.4 Å². The average molecular weight is 391 g/mol. The standard InChI is InChI=1S/C22H21N3O2S/c26-20(24-13-10-17(11-14-24)16-6-2-1-3-7-16)12-15-25-21(27)18-8-4-5-9-19(18)23-22(25)28/h1-10H,11-15H2,(H,23,28). The van der Waals surface area contributed by atoms with Gasteiger partial charge in [-0.05, 0) is 41.9 Å². The van der Waals surface area contributed by atoms with Gasteiger partial charge in [0.25, 0.3) is 5.56 Å². The van der Waals surface area contributed by atoms with Crippen LogP contribution in [-0.2, 0) is 11.3 Å². The molecule has 0 spiro atoms. The Kier molecular flexibility index (Phi) is 5.21. The Morgan fingerprint density at radius 2 is 1.82 bits per heavy atom. The normalized spacial score (nSPS) is 14.1. The van der Waals surface area contributed by atoms with Gasteiger partial charge in [0.05, 0.1) is 10.9 Å². The van der Waals surface area contributed by atoms with E-state index in [1.165, 1.54) is 15.7 Å². The number of hydrogen-bond donors (Lipinski definition) is 1. The van der Waals surface area contributed by atoms with E-state index in [0.717, 1.165) is 11.9 Å². The first-order valence-corrected chi connectivity index (χ1v) is 9.78. The van der Waals surface area contributed by atoms with Crippen molar-refractivity contribution in [2.75, 3.05) is 13.1 Å². The van der Waals surface area contributed by atoms with Gasteiger partial charge < -0.3 is 9.88 Å². The number of H-pyrrole nitrogens is 1. The van der Waals surface area contributed by atoms with Gasteiger partial charge >= 0.3 is 0 Å². The molecule has 1 N–H and O–H groups in total. The van der Waals surface area contributed by atoms with Crippen LogP contribution >= 0.6 is 12.2 Å². The van der Waals surface area contributed by atoms with Crippen LogP contribution in [0.4, 0.5) is 0 Å². The number of aromatic amines is 1. The molecular weight excluding hydrogens is 370 g/mol. The molecule has 4 rings (SSSR count). The molecule has 5 nitrogen and oxygen atoms in total. The number of para-hydroxylation sites is 1. The van der Waals surface area contributed by atoms with Crippen LogP contribution < -0.4 is 5.56 Å². The lowest BCUT2D eigenvalue weighted by molar-refractivity contribution is -0.131. The molecule has 1 aliphatic heterocycles. The molecule has 0 saturated heterocycles. The zero-order valence-corrected chi connectivity index (χ0v) is 16.2. The molecular formula is C22H21N3O2S. The van der Waals surface area contributed by atoms with E-state index < -0.39 is 0 Å². The molecule has 1 amide bonds. The fourth-order valence-electron chi connectivity index (χ4n) is 3.58. The van der Waals surface area contributed by atoms with E-state index in [1.807, 2.05) is 41.3 Å². The van der Waals surface area contributed by atoms with Crippen molar-refractivity contribution in [1.82, 2.24) is 14.5 Å². The van der Waals surface area contributed by atoms with Crippen LogP contribution in [0.15, 0.2) is 65.5 Å². The maximum Gasteiger partial charge on any atom is 0.262 e. The molecule has 1 aliphatic rings. The first kappa shape index (κ1) is 18.4. The second kappa shape index (κ2) is 7.94. The first-order valence-electron chi connectivity index (χ1n) is 9.37. The van der Waals surface area contributed by atoms with Gasteiger partial charge in [-0.3, -0.25) is 14.2 Å². The number of fused-ring (bicyclic) bond motifs is 1. The lowest BCUT2D eigenvalue weighted by Gasteiger charge is -2.27. The summed E-state index contributed by atoms with van der Waals surface area (Å²) < 4.78 is 1.83. The van der Waals surface area contributed by atoms with Crippen molar-refractivity contribution < 1.29 is 4.79 Å². The molecule has 0 radical (unpaired) electrons. The Morgan fingerprint density at radius 3 is 2.57 bits per heavy atom. The molecule has 2 aromatic carbocycles. The number of nitrogens with one attached hydrogen (secondary N) is 1. The molecule has 0 unspecified atom stereocenters. The highest BCUT2D eigenvalue weighted by Gasteiger charge is 2.18. The summed E-state index contributed by atoms with van der Waals surface area (Å²) in [5.74, 6) is 0.0396. The molecule has 2 heterocycles. The Morgan fingerprint density at radius 1 is 1.07 bits per heavy atom. The maximum absolute atomic E-state index is 12.7. The minimum atomic E-state index is -0.156. The molecule has 6 heteroatoms. The van der Waals surface area contributed by atoms with Crippen molar-refractivity contribution >= 4 is 34.6 Å². The number of aromatic nitrogens is 2. The molecule has 3 aromatic rings. The Balaban J connectivity index is 1.44. The quantitative estimate of drug-likeness (QED) is 0.689. The Labute approximate surface area is 167 Å². The van der Waals surface area contributed by atoms with Crippen LogP contribution in [0.25, 0.3) is 16.5 Å². The third kappa shape index (κ3) is 3.68. The van der Waals surface area contributed by atoms with E-state index >= 15 is 0 Å². The molecule has 0 atom stereocenters. The number of hydrogen-bond acceptors (Lipinski definition) is 3. The van der Waals surface area contributed by atoms with Crippen molar-refractivity contribution in [3.63, 3.8) is 0 Å². The van der Waals surface area contributed by atoms with E-state index in [-0.39, 0.29) is 24.4 Å². The highest BCUT2D eigenvalue weighted by molar-refractivity contribution is 7.71. The molecule has 0 fully saturated rings. The molecule has 28 heavy (non-hydrogen) atoms. The van der Waals surface area contributed by atoms with Crippen LogP contribution in [0, 0.1) is 4.77 Å². The molecule has 0 bridgehead atoms. The van der Waals surface area contributed by atoms with Crippen molar-refractivity contribution in [3.05, 3.63) is 81.4 Å². The van der Waals surface area contributed by atoms with Gasteiger partial charge in [0, 0.05) is 26.1 Å². The van der Waals surface area contributed by atoms with Crippen molar-refractivity contribution in [3.8, 4) is 0 Å². The number of rotatable bonds is 4. The molecule has 0 saturated carbocycles. The van der Waals surface area contributed by atoms with Crippen LogP contribution in [0.2, 0.25) is 0 Å². The number of carbonyl (C=O) groups is 1. The van der Waals surface area contributed by atoms with E-state index in [1.54, 1.807) is 6.07 Å². The summed E-state index contributed by atoms with van der Waals surface area (Å²) in [6.45, 7) is 1.57. The zero-order chi connectivity index (χ0) is 19.5. The van der Waals surface area contributed by atoms with E-state index in [9.17, 15) is 9.59 Å². The predicted octanol–water partition coefficient (Wildman–Crippen LogP) is 3.77. The summed E-state index contributed by atoms with van der Waals surface area (Å²) >= 11 is 5.32. The maximum atomic E-state index is 12.7. The van der Waals surface area contributed by atoms with Gasteiger partial charge in [0.1, 0.15) is 0 Å². The minimum absolute atomic E-state index is 0.0396. The fourth-order valence-corrected chi connectivity index (χ4v) is 3.86. The van der Waals surface area contributed by atoms with Gasteiger partial charge in [-0.25, -0.2) is 0 Å². The number of benzene rings is 2. The van der Waals surface area contributed by atoms with Crippen LogP contribution in [0.5, 0.6) is 0 Å². The molecule has 142 valence electrons. The van der Waals surface area contributed by atoms with E-state index in [4.69, 9.17) is 12.2 Å². The van der Waals surface area contributed by atoms with Crippen molar-refractivity contribution in [1.29, 1.82) is 0 Å². The minimum Gasteiger partial charge on any atom is -0.339 e. The summed E-state index contributed by atoms with van der Waals surface area (Å²) in [7, 11) is 0.